The van der Waals surface area contributed by atoms with Crippen LogP contribution in [0.15, 0.2) is 12.1 Å². The van der Waals surface area contributed by atoms with Gasteiger partial charge in [-0.1, -0.05) is 34.8 Å². The summed E-state index contributed by atoms with van der Waals surface area (Å²) in [6.45, 7) is 5.30. The van der Waals surface area contributed by atoms with Crippen molar-refractivity contribution in [1.29, 1.82) is 0 Å². The van der Waals surface area contributed by atoms with Crippen molar-refractivity contribution in [2.24, 2.45) is 0 Å². The fourth-order valence-corrected chi connectivity index (χ4v) is 1.63. The Morgan fingerprint density at radius 3 is 2.18 bits per heavy atom. The zero-order valence-electron chi connectivity index (χ0n) is 9.61. The van der Waals surface area contributed by atoms with Crippen molar-refractivity contribution < 1.29 is 9.53 Å². The van der Waals surface area contributed by atoms with E-state index in [-0.39, 0.29) is 0 Å². The second-order valence-corrected chi connectivity index (χ2v) is 5.59. The standard InChI is InChI=1S/C11H12Cl3NO2/c1-11(2,3)17-10(16)15-9-5-7(13)6(12)4-8(9)14/h4-5H,1-3H3,(H,15,16). The Balaban J connectivity index is 2.82. The van der Waals surface area contributed by atoms with Crippen LogP contribution in [-0.4, -0.2) is 11.7 Å². The van der Waals surface area contributed by atoms with Gasteiger partial charge in [0.1, 0.15) is 5.60 Å². The van der Waals surface area contributed by atoms with Gasteiger partial charge in [-0.25, -0.2) is 4.79 Å². The number of amides is 1. The quantitative estimate of drug-likeness (QED) is 0.741. The summed E-state index contributed by atoms with van der Waals surface area (Å²) in [7, 11) is 0. The molecule has 0 aliphatic rings. The highest BCUT2D eigenvalue weighted by molar-refractivity contribution is 6.44. The Bertz CT molecular complexity index is 441. The van der Waals surface area contributed by atoms with Gasteiger partial charge >= 0.3 is 6.09 Å². The first-order valence-corrected chi connectivity index (χ1v) is 5.97. The second-order valence-electron chi connectivity index (χ2n) is 4.37. The molecule has 1 aromatic carbocycles. The summed E-state index contributed by atoms with van der Waals surface area (Å²) >= 11 is 17.5. The predicted octanol–water partition coefficient (Wildman–Crippen LogP) is 4.99. The molecule has 0 aliphatic carbocycles. The van der Waals surface area contributed by atoms with E-state index in [9.17, 15) is 4.79 Å². The van der Waals surface area contributed by atoms with Crippen LogP contribution in [0, 0.1) is 0 Å². The number of nitrogens with one attached hydrogen (secondary N) is 1. The first-order chi connectivity index (χ1) is 7.69. The molecule has 94 valence electrons. The smallest absolute Gasteiger partial charge is 0.412 e. The highest BCUT2D eigenvalue weighted by Gasteiger charge is 2.17. The Morgan fingerprint density at radius 2 is 1.65 bits per heavy atom. The van der Waals surface area contributed by atoms with Crippen LogP contribution < -0.4 is 5.32 Å². The van der Waals surface area contributed by atoms with Crippen molar-refractivity contribution in [3.8, 4) is 0 Å². The number of carbonyl (C=O) groups is 1. The largest absolute Gasteiger partial charge is 0.444 e. The maximum Gasteiger partial charge on any atom is 0.412 e. The molecular weight excluding hydrogens is 284 g/mol. The number of benzene rings is 1. The molecule has 0 saturated carbocycles. The molecule has 1 amide bonds. The maximum atomic E-state index is 11.5. The Hall–Kier alpha value is -0.640. The molecule has 0 spiro atoms. The molecule has 0 radical (unpaired) electrons. The van der Waals surface area contributed by atoms with Gasteiger partial charge in [0.25, 0.3) is 0 Å². The van der Waals surface area contributed by atoms with E-state index in [0.29, 0.717) is 20.8 Å². The molecular formula is C11H12Cl3NO2. The van der Waals surface area contributed by atoms with Gasteiger partial charge in [-0.15, -0.1) is 0 Å². The first kappa shape index (κ1) is 14.4. The third kappa shape index (κ3) is 4.62. The van der Waals surface area contributed by atoms with E-state index < -0.39 is 11.7 Å². The minimum atomic E-state index is -0.599. The second kappa shape index (κ2) is 5.34. The van der Waals surface area contributed by atoms with Gasteiger partial charge in [0.15, 0.2) is 0 Å². The molecule has 0 aromatic heterocycles. The van der Waals surface area contributed by atoms with Crippen LogP contribution in [0.25, 0.3) is 0 Å². The van der Waals surface area contributed by atoms with Crippen molar-refractivity contribution in [3.05, 3.63) is 27.2 Å². The molecule has 0 heterocycles. The van der Waals surface area contributed by atoms with E-state index in [0.717, 1.165) is 0 Å². The lowest BCUT2D eigenvalue weighted by Gasteiger charge is -2.20. The molecule has 17 heavy (non-hydrogen) atoms. The van der Waals surface area contributed by atoms with Gasteiger partial charge in [-0.05, 0) is 32.9 Å². The number of ether oxygens (including phenoxy) is 1. The summed E-state index contributed by atoms with van der Waals surface area (Å²) in [4.78, 5) is 11.5. The van der Waals surface area contributed by atoms with Gasteiger partial charge in [0.2, 0.25) is 0 Å². The van der Waals surface area contributed by atoms with E-state index in [1.165, 1.54) is 12.1 Å². The van der Waals surface area contributed by atoms with Gasteiger partial charge in [-0.2, -0.15) is 0 Å². The van der Waals surface area contributed by atoms with Crippen molar-refractivity contribution >= 4 is 46.6 Å². The third-order valence-electron chi connectivity index (χ3n) is 1.65. The normalized spacial score (nSPS) is 11.2. The van der Waals surface area contributed by atoms with Gasteiger partial charge in [-0.3, -0.25) is 5.32 Å². The lowest BCUT2D eigenvalue weighted by molar-refractivity contribution is 0.0636. The van der Waals surface area contributed by atoms with Crippen LogP contribution in [-0.2, 0) is 4.74 Å². The summed E-state index contributed by atoms with van der Waals surface area (Å²) < 4.78 is 5.08. The molecule has 0 bridgehead atoms. The van der Waals surface area contributed by atoms with Crippen LogP contribution in [0.4, 0.5) is 10.5 Å². The number of hydrogen-bond acceptors (Lipinski definition) is 2. The molecule has 0 saturated heterocycles. The highest BCUT2D eigenvalue weighted by Crippen LogP contribution is 2.32. The molecule has 1 aromatic rings. The fourth-order valence-electron chi connectivity index (χ4n) is 1.03. The fraction of sp³-hybridized carbons (Fsp3) is 0.364. The molecule has 6 heteroatoms. The van der Waals surface area contributed by atoms with Crippen LogP contribution in [0.5, 0.6) is 0 Å². The summed E-state index contributed by atoms with van der Waals surface area (Å²) in [5.74, 6) is 0. The van der Waals surface area contributed by atoms with Crippen LogP contribution >= 0.6 is 34.8 Å². The Kier molecular flexibility index (Phi) is 4.53. The number of rotatable bonds is 1. The SMILES string of the molecule is CC(C)(C)OC(=O)Nc1cc(Cl)c(Cl)cc1Cl. The molecule has 1 N–H and O–H groups in total. The number of halogens is 3. The average Bonchev–Trinajstić information content (AvgIpc) is 2.11. The van der Waals surface area contributed by atoms with Crippen LogP contribution in [0.2, 0.25) is 15.1 Å². The van der Waals surface area contributed by atoms with Crippen molar-refractivity contribution in [3.63, 3.8) is 0 Å². The molecule has 1 rings (SSSR count). The minimum Gasteiger partial charge on any atom is -0.444 e. The molecule has 0 atom stereocenters. The zero-order chi connectivity index (χ0) is 13.2. The van der Waals surface area contributed by atoms with E-state index >= 15 is 0 Å². The lowest BCUT2D eigenvalue weighted by Crippen LogP contribution is -2.27. The topological polar surface area (TPSA) is 38.3 Å². The van der Waals surface area contributed by atoms with Crippen molar-refractivity contribution in [2.75, 3.05) is 5.32 Å². The summed E-state index contributed by atoms with van der Waals surface area (Å²) in [5.41, 5.74) is -0.220. The van der Waals surface area contributed by atoms with Gasteiger partial charge < -0.3 is 4.74 Å². The highest BCUT2D eigenvalue weighted by atomic mass is 35.5. The third-order valence-corrected chi connectivity index (χ3v) is 2.68. The average molecular weight is 297 g/mol. The molecule has 0 unspecified atom stereocenters. The predicted molar refractivity (Wildman–Crippen MR) is 71.3 cm³/mol. The van der Waals surface area contributed by atoms with E-state index in [4.69, 9.17) is 39.5 Å². The molecule has 3 nitrogen and oxygen atoms in total. The van der Waals surface area contributed by atoms with Crippen molar-refractivity contribution in [1.82, 2.24) is 0 Å². The van der Waals surface area contributed by atoms with Crippen LogP contribution in [0.1, 0.15) is 20.8 Å². The first-order valence-electron chi connectivity index (χ1n) is 4.83. The van der Waals surface area contributed by atoms with Gasteiger partial charge in [0, 0.05) is 0 Å². The minimum absolute atomic E-state index is 0.297. The number of anilines is 1. The number of hydrogen-bond donors (Lipinski definition) is 1. The van der Waals surface area contributed by atoms with E-state index in [1.54, 1.807) is 20.8 Å². The van der Waals surface area contributed by atoms with Crippen molar-refractivity contribution in [2.45, 2.75) is 26.4 Å². The number of carbonyl (C=O) groups excluding carboxylic acids is 1. The summed E-state index contributed by atoms with van der Waals surface area (Å²) in [5, 5.41) is 3.43. The van der Waals surface area contributed by atoms with Gasteiger partial charge in [0.05, 0.1) is 20.8 Å². The Morgan fingerprint density at radius 1 is 1.12 bits per heavy atom. The van der Waals surface area contributed by atoms with Crippen LogP contribution in [0.3, 0.4) is 0 Å². The molecule has 0 aliphatic heterocycles. The molecule has 0 fully saturated rings. The Labute approximate surface area is 115 Å². The summed E-state index contributed by atoms with van der Waals surface area (Å²) in [6, 6.07) is 2.92. The zero-order valence-corrected chi connectivity index (χ0v) is 11.9. The van der Waals surface area contributed by atoms with E-state index in [2.05, 4.69) is 5.32 Å². The summed E-state index contributed by atoms with van der Waals surface area (Å²) in [6.07, 6.45) is -0.599. The maximum absolute atomic E-state index is 11.5. The lowest BCUT2D eigenvalue weighted by atomic mass is 10.2. The van der Waals surface area contributed by atoms with E-state index in [1.807, 2.05) is 0 Å². The monoisotopic (exact) mass is 295 g/mol.